The van der Waals surface area contributed by atoms with E-state index in [1.165, 1.54) is 6.92 Å². The fourth-order valence-corrected chi connectivity index (χ4v) is 2.22. The number of carbonyl (C=O) groups is 1. The first-order valence-electron chi connectivity index (χ1n) is 7.30. The monoisotopic (exact) mass is 299 g/mol. The Morgan fingerprint density at radius 1 is 1.00 bits per heavy atom. The van der Waals surface area contributed by atoms with Gasteiger partial charge >= 0.3 is 5.97 Å². The van der Waals surface area contributed by atoms with E-state index in [9.17, 15) is 4.79 Å². The summed E-state index contributed by atoms with van der Waals surface area (Å²) in [6.07, 6.45) is 0.764. The SMILES string of the molecule is COc1ccc(N(CCCOC(C)=O)c2ccccc2)cc1. The Hall–Kier alpha value is -2.49. The maximum absolute atomic E-state index is 10.8. The fourth-order valence-electron chi connectivity index (χ4n) is 2.22. The third kappa shape index (κ3) is 4.52. The van der Waals surface area contributed by atoms with E-state index in [0.29, 0.717) is 6.61 Å². The topological polar surface area (TPSA) is 38.8 Å². The van der Waals surface area contributed by atoms with E-state index in [0.717, 1.165) is 30.1 Å². The van der Waals surface area contributed by atoms with Gasteiger partial charge in [-0.15, -0.1) is 0 Å². The van der Waals surface area contributed by atoms with E-state index >= 15 is 0 Å². The molecule has 4 heteroatoms. The number of rotatable bonds is 7. The quantitative estimate of drug-likeness (QED) is 0.576. The first-order valence-corrected chi connectivity index (χ1v) is 7.30. The third-order valence-electron chi connectivity index (χ3n) is 3.28. The molecule has 0 amide bonds. The van der Waals surface area contributed by atoms with Crippen LogP contribution in [0.1, 0.15) is 13.3 Å². The molecule has 0 atom stereocenters. The van der Waals surface area contributed by atoms with E-state index in [2.05, 4.69) is 17.0 Å². The number of hydrogen-bond donors (Lipinski definition) is 0. The van der Waals surface area contributed by atoms with Crippen molar-refractivity contribution in [1.82, 2.24) is 0 Å². The zero-order valence-electron chi connectivity index (χ0n) is 13.0. The normalized spacial score (nSPS) is 10.1. The van der Waals surface area contributed by atoms with Crippen LogP contribution in [0.3, 0.4) is 0 Å². The van der Waals surface area contributed by atoms with Gasteiger partial charge in [-0.1, -0.05) is 18.2 Å². The molecule has 22 heavy (non-hydrogen) atoms. The molecular weight excluding hydrogens is 278 g/mol. The summed E-state index contributed by atoms with van der Waals surface area (Å²) in [7, 11) is 1.66. The number of anilines is 2. The summed E-state index contributed by atoms with van der Waals surface area (Å²) in [5, 5.41) is 0. The van der Waals surface area contributed by atoms with Gasteiger partial charge in [-0.2, -0.15) is 0 Å². The highest BCUT2D eigenvalue weighted by atomic mass is 16.5. The molecule has 4 nitrogen and oxygen atoms in total. The maximum atomic E-state index is 10.8. The highest BCUT2D eigenvalue weighted by Gasteiger charge is 2.09. The van der Waals surface area contributed by atoms with Gasteiger partial charge in [0.2, 0.25) is 0 Å². The van der Waals surface area contributed by atoms with E-state index in [4.69, 9.17) is 9.47 Å². The van der Waals surface area contributed by atoms with Crippen LogP contribution in [0.2, 0.25) is 0 Å². The van der Waals surface area contributed by atoms with Crippen LogP contribution in [0, 0.1) is 0 Å². The van der Waals surface area contributed by atoms with E-state index in [-0.39, 0.29) is 5.97 Å². The summed E-state index contributed by atoms with van der Waals surface area (Å²) in [6, 6.07) is 18.1. The van der Waals surface area contributed by atoms with Gasteiger partial charge in [0.15, 0.2) is 0 Å². The van der Waals surface area contributed by atoms with Crippen LogP contribution in [0.4, 0.5) is 11.4 Å². The van der Waals surface area contributed by atoms with E-state index in [1.807, 2.05) is 42.5 Å². The Labute approximate surface area is 131 Å². The number of hydrogen-bond acceptors (Lipinski definition) is 4. The Bertz CT molecular complexity index is 581. The molecule has 0 aromatic heterocycles. The van der Waals surface area contributed by atoms with Crippen molar-refractivity contribution in [3.8, 4) is 5.75 Å². The summed E-state index contributed by atoms with van der Waals surface area (Å²) < 4.78 is 10.2. The lowest BCUT2D eigenvalue weighted by molar-refractivity contribution is -0.140. The lowest BCUT2D eigenvalue weighted by Gasteiger charge is -2.25. The van der Waals surface area contributed by atoms with Crippen molar-refractivity contribution in [2.75, 3.05) is 25.2 Å². The Morgan fingerprint density at radius 3 is 2.23 bits per heavy atom. The third-order valence-corrected chi connectivity index (χ3v) is 3.28. The number of para-hydroxylation sites is 1. The van der Waals surface area contributed by atoms with Crippen molar-refractivity contribution >= 4 is 17.3 Å². The molecule has 0 aliphatic heterocycles. The molecule has 0 N–H and O–H groups in total. The van der Waals surface area contributed by atoms with Gasteiger partial charge in [-0.05, 0) is 42.8 Å². The smallest absolute Gasteiger partial charge is 0.302 e. The molecule has 0 aliphatic carbocycles. The molecule has 0 unspecified atom stereocenters. The highest BCUT2D eigenvalue weighted by molar-refractivity contribution is 5.66. The molecule has 0 aliphatic rings. The second-order valence-corrected chi connectivity index (χ2v) is 4.88. The minimum atomic E-state index is -0.240. The number of methoxy groups -OCH3 is 1. The molecule has 2 rings (SSSR count). The molecule has 0 saturated heterocycles. The van der Waals surface area contributed by atoms with Crippen LogP contribution in [0.15, 0.2) is 54.6 Å². The number of carbonyl (C=O) groups excluding carboxylic acids is 1. The second-order valence-electron chi connectivity index (χ2n) is 4.88. The predicted octanol–water partition coefficient (Wildman–Crippen LogP) is 3.79. The summed E-state index contributed by atoms with van der Waals surface area (Å²) in [6.45, 7) is 2.62. The minimum absolute atomic E-state index is 0.240. The van der Waals surface area contributed by atoms with Crippen molar-refractivity contribution < 1.29 is 14.3 Å². The van der Waals surface area contributed by atoms with Gasteiger partial charge < -0.3 is 14.4 Å². The standard InChI is InChI=1S/C18H21NO3/c1-15(20)22-14-6-13-19(16-7-4-3-5-8-16)17-9-11-18(21-2)12-10-17/h3-5,7-12H,6,13-14H2,1-2H3. The lowest BCUT2D eigenvalue weighted by atomic mass is 10.2. The Kier molecular flexibility index (Phi) is 5.83. The van der Waals surface area contributed by atoms with Crippen LogP contribution in [-0.2, 0) is 9.53 Å². The molecular formula is C18H21NO3. The van der Waals surface area contributed by atoms with Gasteiger partial charge in [0.05, 0.1) is 13.7 Å². The molecule has 0 radical (unpaired) electrons. The van der Waals surface area contributed by atoms with Gasteiger partial charge in [0, 0.05) is 24.8 Å². The van der Waals surface area contributed by atoms with Crippen LogP contribution >= 0.6 is 0 Å². The fraction of sp³-hybridized carbons (Fsp3) is 0.278. The minimum Gasteiger partial charge on any atom is -0.497 e. The summed E-state index contributed by atoms with van der Waals surface area (Å²) >= 11 is 0. The molecule has 0 saturated carbocycles. The predicted molar refractivity (Wildman–Crippen MR) is 87.7 cm³/mol. The largest absolute Gasteiger partial charge is 0.497 e. The van der Waals surface area contributed by atoms with E-state index in [1.54, 1.807) is 7.11 Å². The van der Waals surface area contributed by atoms with Crippen molar-refractivity contribution in [2.24, 2.45) is 0 Å². The van der Waals surface area contributed by atoms with Gasteiger partial charge in [0.1, 0.15) is 5.75 Å². The average Bonchev–Trinajstić information content (AvgIpc) is 2.56. The number of esters is 1. The second kappa shape index (κ2) is 8.08. The molecule has 0 bridgehead atoms. The van der Waals surface area contributed by atoms with Gasteiger partial charge in [-0.3, -0.25) is 4.79 Å². The molecule has 116 valence electrons. The van der Waals surface area contributed by atoms with Crippen molar-refractivity contribution in [3.63, 3.8) is 0 Å². The van der Waals surface area contributed by atoms with Crippen molar-refractivity contribution in [2.45, 2.75) is 13.3 Å². The lowest BCUT2D eigenvalue weighted by Crippen LogP contribution is -2.20. The maximum Gasteiger partial charge on any atom is 0.302 e. The van der Waals surface area contributed by atoms with Crippen LogP contribution in [0.25, 0.3) is 0 Å². The molecule has 0 fully saturated rings. The average molecular weight is 299 g/mol. The number of ether oxygens (including phenoxy) is 2. The van der Waals surface area contributed by atoms with Gasteiger partial charge in [-0.25, -0.2) is 0 Å². The van der Waals surface area contributed by atoms with Crippen molar-refractivity contribution in [3.05, 3.63) is 54.6 Å². The first kappa shape index (κ1) is 15.9. The Morgan fingerprint density at radius 2 is 1.64 bits per heavy atom. The molecule has 0 spiro atoms. The summed E-state index contributed by atoms with van der Waals surface area (Å²) in [5.74, 6) is 0.590. The van der Waals surface area contributed by atoms with Crippen LogP contribution in [0.5, 0.6) is 5.75 Å². The van der Waals surface area contributed by atoms with Gasteiger partial charge in [0.25, 0.3) is 0 Å². The Balaban J connectivity index is 2.12. The van der Waals surface area contributed by atoms with E-state index < -0.39 is 0 Å². The highest BCUT2D eigenvalue weighted by Crippen LogP contribution is 2.27. The number of benzene rings is 2. The molecule has 0 heterocycles. The zero-order valence-corrected chi connectivity index (χ0v) is 13.0. The first-order chi connectivity index (χ1) is 10.7. The summed E-state index contributed by atoms with van der Waals surface area (Å²) in [5.41, 5.74) is 2.19. The van der Waals surface area contributed by atoms with Crippen LogP contribution < -0.4 is 9.64 Å². The zero-order chi connectivity index (χ0) is 15.8. The van der Waals surface area contributed by atoms with Crippen molar-refractivity contribution in [1.29, 1.82) is 0 Å². The number of nitrogens with zero attached hydrogens (tertiary/aromatic N) is 1. The molecule has 2 aromatic rings. The van der Waals surface area contributed by atoms with Crippen LogP contribution in [-0.4, -0.2) is 26.2 Å². The molecule has 2 aromatic carbocycles. The summed E-state index contributed by atoms with van der Waals surface area (Å²) in [4.78, 5) is 13.0.